The Hall–Kier alpha value is -2.60. The molecule has 5 rings (SSSR count). The molecule has 0 saturated carbocycles. The van der Waals surface area contributed by atoms with E-state index < -0.39 is 6.04 Å². The van der Waals surface area contributed by atoms with Gasteiger partial charge >= 0.3 is 0 Å². The Balaban J connectivity index is 1.66. The molecule has 3 heterocycles. The Morgan fingerprint density at radius 2 is 1.87 bits per heavy atom. The number of carbonyl (C=O) groups excluding carboxylic acids is 2. The molecular formula is C24H24BrN3O2. The Morgan fingerprint density at radius 1 is 1.10 bits per heavy atom. The fraction of sp³-hybridized carbons (Fsp3) is 0.333. The summed E-state index contributed by atoms with van der Waals surface area (Å²) in [5, 5.41) is 1.14. The largest absolute Gasteiger partial charge is 0.356 e. The van der Waals surface area contributed by atoms with Crippen LogP contribution in [0.2, 0.25) is 0 Å². The van der Waals surface area contributed by atoms with Crippen LogP contribution in [0.15, 0.2) is 53.0 Å². The van der Waals surface area contributed by atoms with Crippen LogP contribution in [0.1, 0.15) is 42.6 Å². The molecule has 0 bridgehead atoms. The van der Waals surface area contributed by atoms with Crippen LogP contribution in [0.4, 0.5) is 0 Å². The van der Waals surface area contributed by atoms with Gasteiger partial charge in [0.25, 0.3) is 0 Å². The summed E-state index contributed by atoms with van der Waals surface area (Å²) < 4.78 is 0.988. The minimum atomic E-state index is -0.455. The zero-order valence-electron chi connectivity index (χ0n) is 16.9. The van der Waals surface area contributed by atoms with E-state index in [1.54, 1.807) is 4.90 Å². The number of hydrogen-bond donors (Lipinski definition) is 1. The normalized spacial score (nSPS) is 21.1. The molecule has 1 saturated heterocycles. The van der Waals surface area contributed by atoms with Crippen LogP contribution < -0.4 is 0 Å². The number of piperazine rings is 1. The average Bonchev–Trinajstić information content (AvgIpc) is 3.13. The lowest BCUT2D eigenvalue weighted by atomic mass is 9.86. The third-order valence-corrected chi connectivity index (χ3v) is 6.84. The Kier molecular flexibility index (Phi) is 4.89. The number of H-pyrrole nitrogens is 1. The topological polar surface area (TPSA) is 56.4 Å². The van der Waals surface area contributed by atoms with Crippen LogP contribution in [0.3, 0.4) is 0 Å². The van der Waals surface area contributed by atoms with Crippen LogP contribution in [-0.2, 0) is 16.0 Å². The van der Waals surface area contributed by atoms with E-state index in [-0.39, 0.29) is 24.4 Å². The van der Waals surface area contributed by atoms with Gasteiger partial charge in [0.05, 0.1) is 12.6 Å². The molecule has 2 aromatic carbocycles. The maximum absolute atomic E-state index is 13.4. The van der Waals surface area contributed by atoms with Gasteiger partial charge in [-0.3, -0.25) is 9.59 Å². The van der Waals surface area contributed by atoms with Gasteiger partial charge in [-0.05, 0) is 35.7 Å². The Morgan fingerprint density at radius 3 is 2.63 bits per heavy atom. The van der Waals surface area contributed by atoms with Crippen molar-refractivity contribution in [2.24, 2.45) is 0 Å². The molecule has 6 heteroatoms. The number of nitrogens with one attached hydrogen (secondary N) is 1. The quantitative estimate of drug-likeness (QED) is 0.619. The summed E-state index contributed by atoms with van der Waals surface area (Å²) in [6, 6.07) is 15.5. The fourth-order valence-corrected chi connectivity index (χ4v) is 5.12. The molecular weight excluding hydrogens is 442 g/mol. The van der Waals surface area contributed by atoms with Crippen molar-refractivity contribution in [3.63, 3.8) is 0 Å². The molecule has 2 aliphatic rings. The van der Waals surface area contributed by atoms with Crippen LogP contribution >= 0.6 is 15.9 Å². The van der Waals surface area contributed by atoms with Crippen LogP contribution in [0.5, 0.6) is 0 Å². The summed E-state index contributed by atoms with van der Waals surface area (Å²) >= 11 is 3.50. The molecule has 1 N–H and O–H groups in total. The number of halogens is 1. The maximum atomic E-state index is 13.4. The number of fused-ring (bicyclic) bond motifs is 4. The first kappa shape index (κ1) is 19.4. The predicted octanol–water partition coefficient (Wildman–Crippen LogP) is 4.42. The minimum Gasteiger partial charge on any atom is -0.356 e. The number of hydrogen-bond acceptors (Lipinski definition) is 2. The molecule has 0 unspecified atom stereocenters. The van der Waals surface area contributed by atoms with E-state index in [0.29, 0.717) is 13.0 Å². The van der Waals surface area contributed by atoms with Gasteiger partial charge in [-0.25, -0.2) is 0 Å². The van der Waals surface area contributed by atoms with E-state index in [2.05, 4.69) is 40.0 Å². The monoisotopic (exact) mass is 465 g/mol. The Bertz CT molecular complexity index is 1120. The molecule has 0 aliphatic carbocycles. The molecule has 1 fully saturated rings. The summed E-state index contributed by atoms with van der Waals surface area (Å²) in [7, 11) is 0. The number of para-hydroxylation sites is 1. The van der Waals surface area contributed by atoms with Crippen molar-refractivity contribution in [3.05, 3.63) is 69.8 Å². The standard InChI is InChI=1S/C24H24BrN3O2/c1-2-3-12-27-14-21(29)28-20(24(27)30)13-18-17-6-4-5-7-19(17)26-22(18)23(28)15-8-10-16(25)11-9-15/h4-11,20,23,26H,2-3,12-14H2,1H3/t20-,23-/m0/s1. The van der Waals surface area contributed by atoms with Crippen molar-refractivity contribution in [1.82, 2.24) is 14.8 Å². The lowest BCUT2D eigenvalue weighted by Gasteiger charge is -2.47. The number of nitrogens with zero attached hydrogens (tertiary/aromatic N) is 2. The number of rotatable bonds is 4. The summed E-state index contributed by atoms with van der Waals surface area (Å²) in [6.07, 6.45) is 2.47. The van der Waals surface area contributed by atoms with Crippen molar-refractivity contribution in [2.75, 3.05) is 13.1 Å². The van der Waals surface area contributed by atoms with E-state index in [1.165, 1.54) is 0 Å². The highest BCUT2D eigenvalue weighted by molar-refractivity contribution is 9.10. The van der Waals surface area contributed by atoms with Crippen LogP contribution in [0.25, 0.3) is 10.9 Å². The molecule has 30 heavy (non-hydrogen) atoms. The van der Waals surface area contributed by atoms with Crippen molar-refractivity contribution in [2.45, 2.75) is 38.3 Å². The number of aromatic amines is 1. The van der Waals surface area contributed by atoms with Crippen molar-refractivity contribution < 1.29 is 9.59 Å². The molecule has 5 nitrogen and oxygen atoms in total. The molecule has 1 aromatic heterocycles. The predicted molar refractivity (Wildman–Crippen MR) is 120 cm³/mol. The van der Waals surface area contributed by atoms with E-state index in [9.17, 15) is 9.59 Å². The van der Waals surface area contributed by atoms with Crippen LogP contribution in [0, 0.1) is 0 Å². The molecule has 2 amide bonds. The molecule has 3 aromatic rings. The summed E-state index contributed by atoms with van der Waals surface area (Å²) in [6.45, 7) is 2.91. The SMILES string of the molecule is CCCCN1CC(=O)N2[C@@H](c3ccc(Br)cc3)c3[nH]c4ccccc4c3C[C@H]2C1=O. The van der Waals surface area contributed by atoms with E-state index in [4.69, 9.17) is 0 Å². The number of aromatic nitrogens is 1. The van der Waals surface area contributed by atoms with Gasteiger partial charge < -0.3 is 14.8 Å². The van der Waals surface area contributed by atoms with Crippen molar-refractivity contribution in [1.29, 1.82) is 0 Å². The first-order valence-corrected chi connectivity index (χ1v) is 11.3. The van der Waals surface area contributed by atoms with Gasteiger partial charge in [0.15, 0.2) is 0 Å². The highest BCUT2D eigenvalue weighted by Gasteiger charge is 2.47. The second-order valence-electron chi connectivity index (χ2n) is 8.15. The average molecular weight is 466 g/mol. The molecule has 154 valence electrons. The van der Waals surface area contributed by atoms with Gasteiger partial charge in [-0.1, -0.05) is 59.6 Å². The zero-order valence-corrected chi connectivity index (χ0v) is 18.5. The van der Waals surface area contributed by atoms with Crippen molar-refractivity contribution >= 4 is 38.6 Å². The second kappa shape index (κ2) is 7.58. The van der Waals surface area contributed by atoms with Crippen molar-refractivity contribution in [3.8, 4) is 0 Å². The minimum absolute atomic E-state index is 0.0212. The zero-order chi connectivity index (χ0) is 20.8. The number of benzene rings is 2. The van der Waals surface area contributed by atoms with Crippen LogP contribution in [-0.4, -0.2) is 45.7 Å². The van der Waals surface area contributed by atoms with Gasteiger partial charge in [0, 0.05) is 34.0 Å². The summed E-state index contributed by atoms with van der Waals surface area (Å²) in [4.78, 5) is 33.9. The number of amides is 2. The number of carbonyl (C=O) groups is 2. The summed E-state index contributed by atoms with van der Waals surface area (Å²) in [5.41, 5.74) is 4.24. The van der Waals surface area contributed by atoms with E-state index in [1.807, 2.05) is 41.3 Å². The molecule has 2 aliphatic heterocycles. The fourth-order valence-electron chi connectivity index (χ4n) is 4.85. The van der Waals surface area contributed by atoms with Gasteiger partial charge in [0.2, 0.25) is 11.8 Å². The third kappa shape index (κ3) is 3.05. The first-order chi connectivity index (χ1) is 14.6. The van der Waals surface area contributed by atoms with Gasteiger partial charge in [-0.2, -0.15) is 0 Å². The number of unbranched alkanes of at least 4 members (excludes halogenated alkanes) is 1. The lowest BCUT2D eigenvalue weighted by Crippen LogP contribution is -2.63. The summed E-state index contributed by atoms with van der Waals surface area (Å²) in [5.74, 6) is 0.0917. The highest BCUT2D eigenvalue weighted by atomic mass is 79.9. The Labute approximate surface area is 184 Å². The molecule has 0 spiro atoms. The highest BCUT2D eigenvalue weighted by Crippen LogP contribution is 2.42. The van der Waals surface area contributed by atoms with E-state index in [0.717, 1.165) is 45.0 Å². The molecule has 2 atom stereocenters. The smallest absolute Gasteiger partial charge is 0.246 e. The first-order valence-electron chi connectivity index (χ1n) is 10.5. The lowest BCUT2D eigenvalue weighted by molar-refractivity contribution is -0.158. The van der Waals surface area contributed by atoms with Gasteiger partial charge in [-0.15, -0.1) is 0 Å². The van der Waals surface area contributed by atoms with Gasteiger partial charge in [0.1, 0.15) is 6.04 Å². The molecule has 0 radical (unpaired) electrons. The second-order valence-corrected chi connectivity index (χ2v) is 9.07. The maximum Gasteiger partial charge on any atom is 0.246 e. The van der Waals surface area contributed by atoms with E-state index >= 15 is 0 Å². The third-order valence-electron chi connectivity index (χ3n) is 6.31.